The summed E-state index contributed by atoms with van der Waals surface area (Å²) in [6, 6.07) is 6.35. The molecule has 0 aliphatic rings. The van der Waals surface area contributed by atoms with E-state index in [2.05, 4.69) is 31.2 Å². The Morgan fingerprint density at radius 2 is 1.74 bits per heavy atom. The van der Waals surface area contributed by atoms with Gasteiger partial charge in [-0.25, -0.2) is 9.37 Å². The van der Waals surface area contributed by atoms with Crippen LogP contribution in [0.15, 0.2) is 41.0 Å². The summed E-state index contributed by atoms with van der Waals surface area (Å²) in [7, 11) is 4.47. The molecule has 1 aromatic heterocycles. The fraction of sp³-hybridized carbons (Fsp3) is 0.158. The zero-order valence-corrected chi connectivity index (χ0v) is 18.1. The molecule has 0 saturated carbocycles. The molecule has 0 unspecified atom stereocenters. The van der Waals surface area contributed by atoms with Gasteiger partial charge >= 0.3 is 0 Å². The number of nitro benzene ring substituents is 1. The topological polar surface area (TPSA) is 118 Å². The molecule has 162 valence electrons. The molecule has 0 amide bonds. The second-order valence-corrected chi connectivity index (χ2v) is 6.71. The summed E-state index contributed by atoms with van der Waals surface area (Å²) in [5, 5.41) is 13.7. The number of ether oxygens (including phenoxy) is 4. The van der Waals surface area contributed by atoms with Crippen molar-refractivity contribution in [3.05, 3.63) is 56.9 Å². The van der Waals surface area contributed by atoms with Crippen LogP contribution in [-0.2, 0) is 0 Å². The van der Waals surface area contributed by atoms with Crippen LogP contribution in [0.1, 0.15) is 0 Å². The predicted octanol–water partition coefficient (Wildman–Crippen LogP) is 4.85. The van der Waals surface area contributed by atoms with E-state index in [1.165, 1.54) is 27.5 Å². The van der Waals surface area contributed by atoms with E-state index in [4.69, 9.17) is 18.9 Å². The number of aromatic nitrogens is 2. The number of nitro groups is 1. The third kappa shape index (κ3) is 4.91. The summed E-state index contributed by atoms with van der Waals surface area (Å²) >= 11 is 3.24. The van der Waals surface area contributed by atoms with E-state index in [1.807, 2.05) is 0 Å². The molecule has 3 aromatic rings. The molecule has 0 saturated heterocycles. The minimum absolute atomic E-state index is 0.00213. The Bertz CT molecular complexity index is 1110. The van der Waals surface area contributed by atoms with Crippen molar-refractivity contribution < 1.29 is 28.3 Å². The number of methoxy groups -OCH3 is 3. The Labute approximate surface area is 184 Å². The van der Waals surface area contributed by atoms with Crippen LogP contribution in [0, 0.1) is 15.9 Å². The third-order valence-electron chi connectivity index (χ3n) is 3.97. The zero-order chi connectivity index (χ0) is 22.5. The highest BCUT2D eigenvalue weighted by Gasteiger charge is 2.17. The average molecular weight is 495 g/mol. The summed E-state index contributed by atoms with van der Waals surface area (Å²) in [5.74, 6) is 0.261. The van der Waals surface area contributed by atoms with E-state index in [9.17, 15) is 14.5 Å². The van der Waals surface area contributed by atoms with Crippen molar-refractivity contribution in [2.24, 2.45) is 0 Å². The molecule has 2 aromatic carbocycles. The van der Waals surface area contributed by atoms with Gasteiger partial charge in [0.2, 0.25) is 17.6 Å². The van der Waals surface area contributed by atoms with Crippen LogP contribution < -0.4 is 24.3 Å². The fourth-order valence-electron chi connectivity index (χ4n) is 2.56. The normalized spacial score (nSPS) is 10.4. The van der Waals surface area contributed by atoms with Gasteiger partial charge in [-0.15, -0.1) is 0 Å². The number of hydrogen-bond donors (Lipinski definition) is 1. The van der Waals surface area contributed by atoms with Crippen molar-refractivity contribution in [1.29, 1.82) is 0 Å². The Morgan fingerprint density at radius 3 is 2.29 bits per heavy atom. The van der Waals surface area contributed by atoms with Gasteiger partial charge < -0.3 is 24.3 Å². The molecular weight excluding hydrogens is 479 g/mol. The van der Waals surface area contributed by atoms with Gasteiger partial charge in [0.05, 0.1) is 43.0 Å². The Kier molecular flexibility index (Phi) is 6.70. The highest BCUT2D eigenvalue weighted by atomic mass is 79.9. The molecule has 12 heteroatoms. The first-order valence-electron chi connectivity index (χ1n) is 8.57. The van der Waals surface area contributed by atoms with Gasteiger partial charge in [-0.05, 0) is 22.0 Å². The molecule has 0 bridgehead atoms. The maximum absolute atomic E-state index is 14.2. The summed E-state index contributed by atoms with van der Waals surface area (Å²) in [5.41, 5.74) is 0.139. The summed E-state index contributed by atoms with van der Waals surface area (Å²) in [6.45, 7) is 0. The van der Waals surface area contributed by atoms with Gasteiger partial charge in [0.25, 0.3) is 5.69 Å². The van der Waals surface area contributed by atoms with Crippen LogP contribution in [0.5, 0.6) is 28.9 Å². The highest BCUT2D eigenvalue weighted by molar-refractivity contribution is 9.10. The second-order valence-electron chi connectivity index (χ2n) is 5.86. The van der Waals surface area contributed by atoms with Crippen molar-refractivity contribution >= 4 is 33.3 Å². The van der Waals surface area contributed by atoms with E-state index < -0.39 is 16.4 Å². The third-order valence-corrected chi connectivity index (χ3v) is 4.51. The minimum atomic E-state index is -0.904. The van der Waals surface area contributed by atoms with Crippen molar-refractivity contribution in [3.63, 3.8) is 0 Å². The van der Waals surface area contributed by atoms with Gasteiger partial charge in [-0.1, -0.05) is 0 Å². The number of halogens is 2. The van der Waals surface area contributed by atoms with E-state index in [-0.39, 0.29) is 17.6 Å². The number of nitrogens with zero attached hydrogens (tertiary/aromatic N) is 3. The van der Waals surface area contributed by atoms with E-state index in [1.54, 1.807) is 12.1 Å². The smallest absolute Gasteiger partial charge is 0.272 e. The lowest BCUT2D eigenvalue weighted by Crippen LogP contribution is -2.02. The first-order valence-corrected chi connectivity index (χ1v) is 9.37. The van der Waals surface area contributed by atoms with Crippen molar-refractivity contribution in [1.82, 2.24) is 9.97 Å². The van der Waals surface area contributed by atoms with Crippen LogP contribution in [-0.4, -0.2) is 36.2 Å². The molecule has 1 heterocycles. The maximum Gasteiger partial charge on any atom is 0.272 e. The van der Waals surface area contributed by atoms with Gasteiger partial charge in [0.15, 0.2) is 23.1 Å². The lowest BCUT2D eigenvalue weighted by Gasteiger charge is -2.15. The first kappa shape index (κ1) is 22.0. The molecule has 1 N–H and O–H groups in total. The predicted molar refractivity (Wildman–Crippen MR) is 112 cm³/mol. The number of anilines is 2. The van der Waals surface area contributed by atoms with Crippen molar-refractivity contribution in [3.8, 4) is 28.9 Å². The standard InChI is InChI=1S/C19H16BrFN4O6/c1-28-15-6-10(7-16(29-2)17(15)30-3)23-19-22-9-12(20)18(24-19)31-14-5-4-11(25(26)27)8-13(14)21/h4-9H,1-3H3,(H,22,23,24). The molecule has 0 aliphatic carbocycles. The van der Waals surface area contributed by atoms with Crippen LogP contribution in [0.4, 0.5) is 21.7 Å². The van der Waals surface area contributed by atoms with Crippen molar-refractivity contribution in [2.45, 2.75) is 0 Å². The Morgan fingerprint density at radius 1 is 1.06 bits per heavy atom. The fourth-order valence-corrected chi connectivity index (χ4v) is 2.83. The lowest BCUT2D eigenvalue weighted by atomic mass is 10.2. The molecule has 31 heavy (non-hydrogen) atoms. The van der Waals surface area contributed by atoms with Crippen LogP contribution in [0.25, 0.3) is 0 Å². The second kappa shape index (κ2) is 9.43. The number of hydrogen-bond acceptors (Lipinski definition) is 9. The molecule has 0 fully saturated rings. The molecule has 10 nitrogen and oxygen atoms in total. The number of nitrogens with one attached hydrogen (secondary N) is 1. The minimum Gasteiger partial charge on any atom is -0.493 e. The van der Waals surface area contributed by atoms with Gasteiger partial charge in [-0.2, -0.15) is 4.98 Å². The number of benzene rings is 2. The van der Waals surface area contributed by atoms with E-state index >= 15 is 0 Å². The van der Waals surface area contributed by atoms with Crippen LogP contribution >= 0.6 is 15.9 Å². The molecule has 3 rings (SSSR count). The molecule has 0 aliphatic heterocycles. The molecule has 0 radical (unpaired) electrons. The number of rotatable bonds is 8. The number of non-ortho nitro benzene ring substituents is 1. The quantitative estimate of drug-likeness (QED) is 0.346. The summed E-state index contributed by atoms with van der Waals surface area (Å²) < 4.78 is 35.9. The van der Waals surface area contributed by atoms with Crippen LogP contribution in [0.2, 0.25) is 0 Å². The lowest BCUT2D eigenvalue weighted by molar-refractivity contribution is -0.385. The Hall–Kier alpha value is -3.67. The Balaban J connectivity index is 1.89. The van der Waals surface area contributed by atoms with Gasteiger partial charge in [0, 0.05) is 23.9 Å². The maximum atomic E-state index is 14.2. The van der Waals surface area contributed by atoms with Crippen LogP contribution in [0.3, 0.4) is 0 Å². The van der Waals surface area contributed by atoms with Crippen molar-refractivity contribution in [2.75, 3.05) is 26.6 Å². The van der Waals surface area contributed by atoms with Gasteiger partial charge in [0.1, 0.15) is 0 Å². The monoisotopic (exact) mass is 494 g/mol. The van der Waals surface area contributed by atoms with E-state index in [0.29, 0.717) is 27.4 Å². The average Bonchev–Trinajstić information content (AvgIpc) is 2.76. The van der Waals surface area contributed by atoms with Gasteiger partial charge in [-0.3, -0.25) is 10.1 Å². The largest absolute Gasteiger partial charge is 0.493 e. The highest BCUT2D eigenvalue weighted by Crippen LogP contribution is 2.40. The summed E-state index contributed by atoms with van der Waals surface area (Å²) in [4.78, 5) is 18.4. The molecular formula is C19H16BrFN4O6. The zero-order valence-electron chi connectivity index (χ0n) is 16.5. The molecule has 0 spiro atoms. The van der Waals surface area contributed by atoms with E-state index in [0.717, 1.165) is 18.2 Å². The first-order chi connectivity index (χ1) is 14.9. The molecule has 0 atom stereocenters. The SMILES string of the molecule is COc1cc(Nc2ncc(Br)c(Oc3ccc([N+](=O)[O-])cc3F)n2)cc(OC)c1OC. The summed E-state index contributed by atoms with van der Waals surface area (Å²) in [6.07, 6.45) is 1.41.